The number of amides is 1. The van der Waals surface area contributed by atoms with E-state index in [2.05, 4.69) is 10.3 Å². The van der Waals surface area contributed by atoms with Crippen LogP contribution in [-0.2, 0) is 26.4 Å². The number of carbonyl (C=O) groups excluding carboxylic acids is 1. The number of piperidine rings is 1. The number of sulfone groups is 1. The molecule has 1 aromatic carbocycles. The van der Waals surface area contributed by atoms with Crippen LogP contribution in [0.5, 0.6) is 0 Å². The van der Waals surface area contributed by atoms with E-state index in [1.165, 1.54) is 10.8 Å². The molecule has 1 aliphatic carbocycles. The largest absolute Gasteiger partial charge is 0.382 e. The number of pyridine rings is 1. The topological polar surface area (TPSA) is 114 Å². The molecule has 38 heavy (non-hydrogen) atoms. The Morgan fingerprint density at radius 2 is 1.76 bits per heavy atom. The highest BCUT2D eigenvalue weighted by molar-refractivity contribution is 7.90. The monoisotopic (exact) mass is 540 g/mol. The van der Waals surface area contributed by atoms with Gasteiger partial charge in [-0.1, -0.05) is 0 Å². The first-order valence-electron chi connectivity index (χ1n) is 13.2. The Hall–Kier alpha value is -3.11. The van der Waals surface area contributed by atoms with Crippen LogP contribution in [0.15, 0.2) is 46.3 Å². The summed E-state index contributed by atoms with van der Waals surface area (Å²) in [5.41, 5.74) is 2.64. The van der Waals surface area contributed by atoms with Gasteiger partial charge < -0.3 is 24.5 Å². The molecule has 9 nitrogen and oxygen atoms in total. The third-order valence-electron chi connectivity index (χ3n) is 8.13. The summed E-state index contributed by atoms with van der Waals surface area (Å²) >= 11 is 0. The zero-order chi connectivity index (χ0) is 27.0. The number of benzene rings is 1. The van der Waals surface area contributed by atoms with Crippen molar-refractivity contribution < 1.29 is 17.9 Å². The minimum Gasteiger partial charge on any atom is -0.382 e. The molecule has 0 spiro atoms. The lowest BCUT2D eigenvalue weighted by Crippen LogP contribution is -2.45. The lowest BCUT2D eigenvalue weighted by molar-refractivity contribution is -0.138. The summed E-state index contributed by atoms with van der Waals surface area (Å²) in [7, 11) is -0.00118. The van der Waals surface area contributed by atoms with E-state index in [1.54, 1.807) is 44.8 Å². The molecule has 1 aliphatic heterocycles. The molecule has 5 rings (SSSR count). The third-order valence-corrected chi connectivity index (χ3v) is 9.24. The molecule has 1 saturated carbocycles. The van der Waals surface area contributed by atoms with Gasteiger partial charge in [-0.25, -0.2) is 8.42 Å². The smallest absolute Gasteiger partial charge is 0.274 e. The van der Waals surface area contributed by atoms with E-state index in [4.69, 9.17) is 4.74 Å². The number of methoxy groups -OCH3 is 1. The van der Waals surface area contributed by atoms with Crippen LogP contribution in [0, 0.1) is 5.92 Å². The molecule has 2 N–H and O–H groups in total. The lowest BCUT2D eigenvalue weighted by Gasteiger charge is -2.37. The molecule has 0 atom stereocenters. The van der Waals surface area contributed by atoms with Gasteiger partial charge in [0.2, 0.25) is 5.91 Å². The molecule has 204 valence electrons. The van der Waals surface area contributed by atoms with Gasteiger partial charge >= 0.3 is 0 Å². The predicted octanol–water partition coefficient (Wildman–Crippen LogP) is 3.55. The zero-order valence-corrected chi connectivity index (χ0v) is 23.0. The van der Waals surface area contributed by atoms with Crippen LogP contribution >= 0.6 is 0 Å². The van der Waals surface area contributed by atoms with E-state index in [9.17, 15) is 18.0 Å². The number of aromatic amines is 1. The molecule has 2 aromatic heterocycles. The number of anilines is 1. The average molecular weight is 541 g/mol. The van der Waals surface area contributed by atoms with Crippen LogP contribution in [0.2, 0.25) is 0 Å². The number of fused-ring (bicyclic) bond motifs is 1. The summed E-state index contributed by atoms with van der Waals surface area (Å²) in [6, 6.07) is 7.08. The predicted molar refractivity (Wildman–Crippen MR) is 148 cm³/mol. The zero-order valence-electron chi connectivity index (χ0n) is 22.2. The first-order chi connectivity index (χ1) is 18.2. The number of carbonyl (C=O) groups is 1. The Morgan fingerprint density at radius 3 is 2.42 bits per heavy atom. The van der Waals surface area contributed by atoms with Gasteiger partial charge in [-0.2, -0.15) is 0 Å². The van der Waals surface area contributed by atoms with Crippen LogP contribution in [0.25, 0.3) is 22.0 Å². The number of aromatic nitrogens is 2. The van der Waals surface area contributed by atoms with Gasteiger partial charge in [0.05, 0.1) is 11.0 Å². The number of ether oxygens (including phenoxy) is 1. The van der Waals surface area contributed by atoms with Crippen LogP contribution in [-0.4, -0.2) is 67.4 Å². The summed E-state index contributed by atoms with van der Waals surface area (Å²) in [4.78, 5) is 31.0. The summed E-state index contributed by atoms with van der Waals surface area (Å²) < 4.78 is 31.7. The fourth-order valence-electron chi connectivity index (χ4n) is 5.85. The number of nitrogens with one attached hydrogen (secondary N) is 2. The molecule has 3 aromatic rings. The molecule has 10 heteroatoms. The van der Waals surface area contributed by atoms with Crippen molar-refractivity contribution in [2.24, 2.45) is 13.0 Å². The van der Waals surface area contributed by atoms with Crippen molar-refractivity contribution in [2.45, 2.75) is 55.6 Å². The van der Waals surface area contributed by atoms with E-state index in [-0.39, 0.29) is 34.4 Å². The van der Waals surface area contributed by atoms with Gasteiger partial charge in [-0.15, -0.1) is 0 Å². The number of H-pyrrole nitrogens is 1. The average Bonchev–Trinajstić information content (AvgIpc) is 3.41. The van der Waals surface area contributed by atoms with Gasteiger partial charge in [0.1, 0.15) is 5.52 Å². The highest BCUT2D eigenvalue weighted by atomic mass is 32.2. The first-order valence-corrected chi connectivity index (χ1v) is 15.1. The maximum absolute atomic E-state index is 13.1. The molecule has 1 saturated heterocycles. The molecule has 0 radical (unpaired) electrons. The fraction of sp³-hybridized carbons (Fsp3) is 0.500. The molecule has 2 fully saturated rings. The van der Waals surface area contributed by atoms with E-state index in [1.807, 2.05) is 11.0 Å². The first kappa shape index (κ1) is 26.5. The van der Waals surface area contributed by atoms with E-state index < -0.39 is 9.84 Å². The van der Waals surface area contributed by atoms with Crippen molar-refractivity contribution in [1.29, 1.82) is 0 Å². The number of hydrogen-bond acceptors (Lipinski definition) is 6. The normalized spacial score (nSPS) is 21.1. The Morgan fingerprint density at radius 1 is 1.05 bits per heavy atom. The fourth-order valence-corrected chi connectivity index (χ4v) is 6.50. The van der Waals surface area contributed by atoms with Crippen LogP contribution < -0.4 is 10.9 Å². The minimum atomic E-state index is -3.43. The van der Waals surface area contributed by atoms with Crippen molar-refractivity contribution in [3.8, 4) is 11.1 Å². The van der Waals surface area contributed by atoms with Crippen LogP contribution in [0.4, 0.5) is 5.69 Å². The van der Waals surface area contributed by atoms with Gasteiger partial charge in [0.25, 0.3) is 5.56 Å². The highest BCUT2D eigenvalue weighted by Gasteiger charge is 2.31. The Balaban J connectivity index is 1.37. The number of nitrogens with zero attached hydrogens (tertiary/aromatic N) is 2. The summed E-state index contributed by atoms with van der Waals surface area (Å²) in [5.74, 6) is 0.353. The van der Waals surface area contributed by atoms with Crippen molar-refractivity contribution >= 4 is 32.3 Å². The molecule has 2 aliphatic rings. The second-order valence-corrected chi connectivity index (χ2v) is 12.7. The van der Waals surface area contributed by atoms with E-state index in [0.717, 1.165) is 60.7 Å². The Labute approximate surface area is 223 Å². The number of hydrogen-bond donors (Lipinski definition) is 2. The molecule has 3 heterocycles. The number of likely N-dealkylation sites (tertiary alicyclic amines) is 1. The minimum absolute atomic E-state index is 0.0922. The Kier molecular flexibility index (Phi) is 7.37. The third kappa shape index (κ3) is 5.24. The van der Waals surface area contributed by atoms with Crippen molar-refractivity contribution in [1.82, 2.24) is 14.5 Å². The van der Waals surface area contributed by atoms with Gasteiger partial charge in [0.15, 0.2) is 9.84 Å². The SMILES string of the molecule is COC1CCC(C(=O)N2CCC(Nc3ccc(S(C)(=O)=O)cc3-c3cn(C)c(=O)c4[nH]ccc34)CC2)CC1. The second kappa shape index (κ2) is 10.6. The second-order valence-electron chi connectivity index (χ2n) is 10.7. The maximum atomic E-state index is 13.1. The lowest BCUT2D eigenvalue weighted by atomic mass is 9.86. The molecule has 0 unspecified atom stereocenters. The van der Waals surface area contributed by atoms with Gasteiger partial charge in [0, 0.05) is 80.1 Å². The number of rotatable bonds is 6. The molecular weight excluding hydrogens is 504 g/mol. The quantitative estimate of drug-likeness (QED) is 0.495. The molecule has 0 bridgehead atoms. The van der Waals surface area contributed by atoms with E-state index in [0.29, 0.717) is 18.6 Å². The Bertz CT molecular complexity index is 1490. The molecular formula is C28H36N4O5S. The summed E-state index contributed by atoms with van der Waals surface area (Å²) in [6.45, 7) is 1.39. The van der Waals surface area contributed by atoms with Gasteiger partial charge in [-0.05, 0) is 62.8 Å². The van der Waals surface area contributed by atoms with Crippen molar-refractivity contribution in [3.63, 3.8) is 0 Å². The van der Waals surface area contributed by atoms with Gasteiger partial charge in [-0.3, -0.25) is 9.59 Å². The van der Waals surface area contributed by atoms with Crippen molar-refractivity contribution in [2.75, 3.05) is 31.8 Å². The van der Waals surface area contributed by atoms with E-state index >= 15 is 0 Å². The molecule has 1 amide bonds. The highest BCUT2D eigenvalue weighted by Crippen LogP contribution is 2.36. The van der Waals surface area contributed by atoms with Crippen molar-refractivity contribution in [3.05, 3.63) is 47.0 Å². The maximum Gasteiger partial charge on any atom is 0.274 e. The summed E-state index contributed by atoms with van der Waals surface area (Å²) in [5, 5.41) is 4.36. The number of aryl methyl sites for hydroxylation is 1. The summed E-state index contributed by atoms with van der Waals surface area (Å²) in [6.07, 6.45) is 10.2. The van der Waals surface area contributed by atoms with Crippen LogP contribution in [0.1, 0.15) is 38.5 Å². The standard InChI is InChI=1S/C28H36N4O5S/c1-31-17-24(22-10-13-29-26(22)28(31)34)23-16-21(38(3,35)36)8-9-25(23)30-19-11-14-32(15-12-19)27(33)18-4-6-20(37-2)7-5-18/h8-10,13,16-20,29-30H,4-7,11-12,14-15H2,1-3H3. The van der Waals surface area contributed by atoms with Crippen LogP contribution in [0.3, 0.4) is 0 Å².